The Kier molecular flexibility index (Phi) is 8.59. The van der Waals surface area contributed by atoms with Crippen LogP contribution >= 0.6 is 0 Å². The van der Waals surface area contributed by atoms with E-state index in [4.69, 9.17) is 14.9 Å². The fourth-order valence-corrected chi connectivity index (χ4v) is 3.77. The Labute approximate surface area is 187 Å². The van der Waals surface area contributed by atoms with Crippen LogP contribution in [0.3, 0.4) is 0 Å². The van der Waals surface area contributed by atoms with Crippen LogP contribution in [0.4, 0.5) is 10.5 Å². The van der Waals surface area contributed by atoms with Crippen LogP contribution in [0.15, 0.2) is 18.2 Å². The van der Waals surface area contributed by atoms with Crippen molar-refractivity contribution < 1.29 is 23.9 Å². The number of anilines is 1. The Bertz CT molecular complexity index is 781. The summed E-state index contributed by atoms with van der Waals surface area (Å²) >= 11 is 0. The molecule has 0 fully saturated rings. The van der Waals surface area contributed by atoms with Crippen LogP contribution in [0.5, 0.6) is 5.75 Å². The summed E-state index contributed by atoms with van der Waals surface area (Å²) < 4.78 is 11.7. The first-order chi connectivity index (χ1) is 13.9. The molecule has 4 N–H and O–H groups in total. The molecule has 0 bridgehead atoms. The monoisotopic (exact) mass is 452 g/mol. The van der Waals surface area contributed by atoms with Crippen LogP contribution in [0.1, 0.15) is 60.5 Å². The maximum atomic E-state index is 12.3. The summed E-state index contributed by atoms with van der Waals surface area (Å²) in [5.41, 5.74) is 7.05. The predicted molar refractivity (Wildman–Crippen MR) is 127 cm³/mol. The predicted octanol–water partition coefficient (Wildman–Crippen LogP) is 5.20. The zero-order chi connectivity index (χ0) is 24.2. The topological polar surface area (TPSA) is 111 Å². The number of amides is 1. The van der Waals surface area contributed by atoms with Crippen molar-refractivity contribution >= 4 is 26.1 Å². The van der Waals surface area contributed by atoms with Crippen molar-refractivity contribution in [2.75, 3.05) is 5.73 Å². The number of rotatable bonds is 8. The third-order valence-corrected chi connectivity index (χ3v) is 9.85. The molecule has 0 aliphatic rings. The number of nitrogen functional groups attached to an aromatic ring is 1. The highest BCUT2D eigenvalue weighted by molar-refractivity contribution is 6.74. The zero-order valence-corrected chi connectivity index (χ0v) is 21.5. The lowest BCUT2D eigenvalue weighted by Crippen LogP contribution is -2.44. The van der Waals surface area contributed by atoms with Crippen LogP contribution in [-0.2, 0) is 16.0 Å². The molecule has 1 aromatic carbocycles. The molecule has 2 atom stereocenters. The number of aliphatic carboxylic acids is 1. The van der Waals surface area contributed by atoms with Gasteiger partial charge < -0.3 is 25.3 Å². The number of carbonyl (C=O) groups is 2. The molecular weight excluding hydrogens is 412 g/mol. The number of carbonyl (C=O) groups excluding carboxylic acids is 1. The lowest BCUT2D eigenvalue weighted by atomic mass is 9.96. The minimum Gasteiger partial charge on any atom is -0.542 e. The summed E-state index contributed by atoms with van der Waals surface area (Å²) in [6.07, 6.45) is 0.138. The maximum Gasteiger partial charge on any atom is 0.407 e. The second-order valence-corrected chi connectivity index (χ2v) is 15.5. The average molecular weight is 453 g/mol. The number of carboxylic acids is 1. The summed E-state index contributed by atoms with van der Waals surface area (Å²) in [5, 5.41) is 12.2. The van der Waals surface area contributed by atoms with Gasteiger partial charge in [0.15, 0.2) is 0 Å². The standard InChI is InChI=1S/C23H40N2O5Si/c1-15(20(26)27)12-17(25-21(28)29-22(2,3)4)13-16-10-11-19(18(24)14-16)30-31(8,9)23(5,6)7/h10-11,14-15,17H,12-13,24H2,1-9H3,(H,25,28)(H,26,27). The van der Waals surface area contributed by atoms with Crippen LogP contribution in [-0.4, -0.2) is 37.1 Å². The number of carboxylic acid groups (broad SMARTS) is 1. The highest BCUT2D eigenvalue weighted by Gasteiger charge is 2.39. The van der Waals surface area contributed by atoms with Gasteiger partial charge in [0.05, 0.1) is 11.6 Å². The van der Waals surface area contributed by atoms with Crippen molar-refractivity contribution in [1.82, 2.24) is 5.32 Å². The lowest BCUT2D eigenvalue weighted by Gasteiger charge is -2.36. The smallest absolute Gasteiger partial charge is 0.407 e. The number of ether oxygens (including phenoxy) is 1. The first-order valence-corrected chi connectivity index (χ1v) is 13.6. The van der Waals surface area contributed by atoms with Gasteiger partial charge in [0.25, 0.3) is 8.32 Å². The van der Waals surface area contributed by atoms with Crippen molar-refractivity contribution in [2.45, 2.75) is 91.1 Å². The van der Waals surface area contributed by atoms with Crippen molar-refractivity contribution in [2.24, 2.45) is 5.92 Å². The number of hydrogen-bond acceptors (Lipinski definition) is 5. The highest BCUT2D eigenvalue weighted by atomic mass is 28.4. The van der Waals surface area contributed by atoms with E-state index in [2.05, 4.69) is 39.2 Å². The molecule has 0 spiro atoms. The number of nitrogens with one attached hydrogen (secondary N) is 1. The van der Waals surface area contributed by atoms with E-state index in [9.17, 15) is 14.7 Å². The van der Waals surface area contributed by atoms with Crippen molar-refractivity contribution in [3.05, 3.63) is 23.8 Å². The van der Waals surface area contributed by atoms with E-state index < -0.39 is 37.9 Å². The normalized spacial score (nSPS) is 14.5. The van der Waals surface area contributed by atoms with Gasteiger partial charge in [-0.15, -0.1) is 0 Å². The summed E-state index contributed by atoms with van der Waals surface area (Å²) in [7, 11) is -2.02. The van der Waals surface area contributed by atoms with Crippen LogP contribution in [0.25, 0.3) is 0 Å². The Hall–Kier alpha value is -2.22. The van der Waals surface area contributed by atoms with Crippen molar-refractivity contribution in [3.63, 3.8) is 0 Å². The van der Waals surface area contributed by atoms with Crippen LogP contribution in [0, 0.1) is 5.92 Å². The van der Waals surface area contributed by atoms with E-state index >= 15 is 0 Å². The fourth-order valence-electron chi connectivity index (χ4n) is 2.73. The summed E-state index contributed by atoms with van der Waals surface area (Å²) in [4.78, 5) is 23.6. The molecule has 8 heteroatoms. The molecule has 1 rings (SSSR count). The molecule has 0 aliphatic heterocycles. The van der Waals surface area contributed by atoms with Gasteiger partial charge in [-0.2, -0.15) is 0 Å². The molecule has 7 nitrogen and oxygen atoms in total. The molecule has 0 saturated carbocycles. The van der Waals surface area contributed by atoms with Crippen LogP contribution in [0.2, 0.25) is 18.1 Å². The van der Waals surface area contributed by atoms with E-state index in [-0.39, 0.29) is 11.5 Å². The molecule has 0 saturated heterocycles. The molecule has 1 aromatic rings. The Morgan fingerprint density at radius 2 is 1.74 bits per heavy atom. The third kappa shape index (κ3) is 8.81. The number of hydrogen-bond donors (Lipinski definition) is 3. The van der Waals surface area contributed by atoms with E-state index in [1.807, 2.05) is 18.2 Å². The Balaban J connectivity index is 3.01. The van der Waals surface area contributed by atoms with Gasteiger partial charge in [-0.25, -0.2) is 4.79 Å². The zero-order valence-electron chi connectivity index (χ0n) is 20.5. The highest BCUT2D eigenvalue weighted by Crippen LogP contribution is 2.39. The molecule has 0 heterocycles. The Morgan fingerprint density at radius 1 is 1.16 bits per heavy atom. The van der Waals surface area contributed by atoms with E-state index in [0.717, 1.165) is 5.56 Å². The van der Waals surface area contributed by atoms with Gasteiger partial charge in [0.1, 0.15) is 11.4 Å². The molecule has 31 heavy (non-hydrogen) atoms. The largest absolute Gasteiger partial charge is 0.542 e. The van der Waals surface area contributed by atoms with Crippen LogP contribution < -0.4 is 15.5 Å². The lowest BCUT2D eigenvalue weighted by molar-refractivity contribution is -0.141. The second-order valence-electron chi connectivity index (χ2n) is 10.8. The van der Waals surface area contributed by atoms with E-state index in [1.54, 1.807) is 27.7 Å². The van der Waals surface area contributed by atoms with Crippen molar-refractivity contribution in [3.8, 4) is 5.75 Å². The minimum absolute atomic E-state index is 0.0491. The minimum atomic E-state index is -2.02. The average Bonchev–Trinajstić information content (AvgIpc) is 2.54. The van der Waals surface area contributed by atoms with Crippen molar-refractivity contribution in [1.29, 1.82) is 0 Å². The summed E-state index contributed by atoms with van der Waals surface area (Å²) in [5.74, 6) is -0.863. The summed E-state index contributed by atoms with van der Waals surface area (Å²) in [6.45, 7) is 17.8. The first-order valence-electron chi connectivity index (χ1n) is 10.7. The van der Waals surface area contributed by atoms with Gasteiger partial charge in [-0.05, 0) is 69.4 Å². The van der Waals surface area contributed by atoms with E-state index in [1.165, 1.54) is 0 Å². The molecule has 0 aliphatic carbocycles. The molecule has 0 aromatic heterocycles. The molecule has 0 radical (unpaired) electrons. The molecule has 2 unspecified atom stereocenters. The second kappa shape index (κ2) is 9.93. The van der Waals surface area contributed by atoms with Gasteiger partial charge in [0.2, 0.25) is 0 Å². The third-order valence-electron chi connectivity index (χ3n) is 5.51. The molecule has 1 amide bonds. The quantitative estimate of drug-likeness (QED) is 0.369. The number of benzene rings is 1. The maximum absolute atomic E-state index is 12.3. The SMILES string of the molecule is CC(CC(Cc1ccc(O[Si](C)(C)C(C)(C)C)c(N)c1)NC(=O)OC(C)(C)C)C(=O)O. The molecular formula is C23H40N2O5Si. The van der Waals surface area contributed by atoms with E-state index in [0.29, 0.717) is 17.9 Å². The Morgan fingerprint density at radius 3 is 2.19 bits per heavy atom. The first kappa shape index (κ1) is 26.8. The fraction of sp³-hybridized carbons (Fsp3) is 0.652. The van der Waals surface area contributed by atoms with Gasteiger partial charge in [-0.3, -0.25) is 4.79 Å². The van der Waals surface area contributed by atoms with Gasteiger partial charge in [0, 0.05) is 6.04 Å². The summed E-state index contributed by atoms with van der Waals surface area (Å²) in [6, 6.07) is 5.19. The molecule has 176 valence electrons. The van der Waals surface area contributed by atoms with Gasteiger partial charge >= 0.3 is 12.1 Å². The van der Waals surface area contributed by atoms with Gasteiger partial charge in [-0.1, -0.05) is 33.8 Å². The number of alkyl carbamates (subject to hydrolysis) is 1. The number of nitrogens with two attached hydrogens (primary N) is 1.